The average Bonchev–Trinajstić information content (AvgIpc) is 3.11. The Morgan fingerprint density at radius 3 is 1.10 bits per heavy atom. The molecule has 0 aromatic heterocycles. The zero-order chi connectivity index (χ0) is 37.9. The van der Waals surface area contributed by atoms with E-state index in [2.05, 4.69) is 0 Å². The third kappa shape index (κ3) is 7.09. The minimum absolute atomic E-state index is 0.0669. The molecule has 0 aliphatic carbocycles. The van der Waals surface area contributed by atoms with Crippen LogP contribution in [0.25, 0.3) is 0 Å². The third-order valence-electron chi connectivity index (χ3n) is 8.76. The fourth-order valence-electron chi connectivity index (χ4n) is 5.61. The molecule has 0 saturated carbocycles. The highest BCUT2D eigenvalue weighted by Crippen LogP contribution is 2.41. The maximum atomic E-state index is 13.6. The predicted molar refractivity (Wildman–Crippen MR) is 184 cm³/mol. The first-order valence-electron chi connectivity index (χ1n) is 15.4. The molecular formula is C38H38O13. The van der Waals surface area contributed by atoms with Crippen molar-refractivity contribution in [1.29, 1.82) is 0 Å². The van der Waals surface area contributed by atoms with E-state index < -0.39 is 23.9 Å². The molecule has 0 bridgehead atoms. The molecule has 0 fully saturated rings. The van der Waals surface area contributed by atoms with Crippen LogP contribution >= 0.6 is 0 Å². The summed E-state index contributed by atoms with van der Waals surface area (Å²) >= 11 is 0. The molecule has 0 amide bonds. The number of carbonyl (C=O) groups is 4. The number of hydrogen-bond donors (Lipinski definition) is 2. The summed E-state index contributed by atoms with van der Waals surface area (Å²) < 4.78 is 38.9. The number of carboxylic acid groups (broad SMARTS) is 2. The first-order valence-corrected chi connectivity index (χ1v) is 15.4. The van der Waals surface area contributed by atoms with Crippen LogP contribution in [0.3, 0.4) is 0 Å². The van der Waals surface area contributed by atoms with Crippen molar-refractivity contribution in [2.45, 2.75) is 41.5 Å². The molecule has 4 aromatic carbocycles. The van der Waals surface area contributed by atoms with Crippen LogP contribution in [0, 0.1) is 41.5 Å². The molecule has 0 aliphatic rings. The summed E-state index contributed by atoms with van der Waals surface area (Å²) in [5, 5.41) is 20.0. The van der Waals surface area contributed by atoms with Crippen LogP contribution in [0.4, 0.5) is 0 Å². The number of aromatic carboxylic acids is 2. The highest BCUT2D eigenvalue weighted by atomic mass is 16.6. The van der Waals surface area contributed by atoms with Gasteiger partial charge in [0.2, 0.25) is 0 Å². The lowest BCUT2D eigenvalue weighted by atomic mass is 9.97. The van der Waals surface area contributed by atoms with Crippen LogP contribution in [0.15, 0.2) is 36.4 Å². The van der Waals surface area contributed by atoms with Gasteiger partial charge in [-0.1, -0.05) is 0 Å². The Balaban J connectivity index is 1.72. The van der Waals surface area contributed by atoms with Gasteiger partial charge in [0.1, 0.15) is 56.8 Å². The predicted octanol–water partition coefficient (Wildman–Crippen LogP) is 7.20. The summed E-state index contributed by atoms with van der Waals surface area (Å²) in [6.07, 6.45) is 0. The smallest absolute Gasteiger partial charge is 0.347 e. The molecule has 51 heavy (non-hydrogen) atoms. The third-order valence-corrected chi connectivity index (χ3v) is 8.76. The van der Waals surface area contributed by atoms with E-state index in [4.69, 9.17) is 33.2 Å². The van der Waals surface area contributed by atoms with Crippen molar-refractivity contribution in [3.63, 3.8) is 0 Å². The summed E-state index contributed by atoms with van der Waals surface area (Å²) in [6.45, 7) is 10.2. The molecule has 0 atom stereocenters. The molecule has 0 spiro atoms. The number of rotatable bonds is 12. The zero-order valence-corrected chi connectivity index (χ0v) is 29.8. The van der Waals surface area contributed by atoms with E-state index in [1.54, 1.807) is 41.5 Å². The van der Waals surface area contributed by atoms with E-state index in [9.17, 15) is 29.4 Å². The Kier molecular flexibility index (Phi) is 11.1. The molecule has 0 heterocycles. The van der Waals surface area contributed by atoms with E-state index in [-0.39, 0.29) is 68.2 Å². The van der Waals surface area contributed by atoms with Gasteiger partial charge in [0.15, 0.2) is 11.5 Å². The molecule has 4 aromatic rings. The lowest BCUT2D eigenvalue weighted by Crippen LogP contribution is -2.16. The van der Waals surface area contributed by atoms with Gasteiger partial charge in [0.05, 0.1) is 28.4 Å². The van der Waals surface area contributed by atoms with Crippen molar-refractivity contribution < 1.29 is 62.5 Å². The molecule has 13 nitrogen and oxygen atoms in total. The second-order valence-electron chi connectivity index (χ2n) is 11.4. The molecule has 13 heteroatoms. The van der Waals surface area contributed by atoms with Gasteiger partial charge in [-0.25, -0.2) is 19.2 Å². The number of carboxylic acids is 2. The second kappa shape index (κ2) is 15.1. The van der Waals surface area contributed by atoms with Crippen LogP contribution < -0.4 is 33.2 Å². The van der Waals surface area contributed by atoms with Crippen LogP contribution in [-0.4, -0.2) is 62.5 Å². The Morgan fingerprint density at radius 2 is 0.804 bits per heavy atom. The van der Waals surface area contributed by atoms with E-state index in [1.165, 1.54) is 64.8 Å². The second-order valence-corrected chi connectivity index (χ2v) is 11.4. The topological polar surface area (TPSA) is 173 Å². The number of ether oxygens (including phenoxy) is 7. The molecule has 0 aliphatic heterocycles. The van der Waals surface area contributed by atoms with Crippen molar-refractivity contribution in [1.82, 2.24) is 0 Å². The van der Waals surface area contributed by atoms with Gasteiger partial charge >= 0.3 is 23.9 Å². The molecule has 0 saturated heterocycles. The zero-order valence-electron chi connectivity index (χ0n) is 29.8. The number of esters is 2. The Morgan fingerprint density at radius 1 is 0.471 bits per heavy atom. The first-order chi connectivity index (χ1) is 24.1. The summed E-state index contributed by atoms with van der Waals surface area (Å²) in [4.78, 5) is 51.7. The van der Waals surface area contributed by atoms with Crippen molar-refractivity contribution in [3.05, 3.63) is 92.0 Å². The maximum absolute atomic E-state index is 13.6. The summed E-state index contributed by atoms with van der Waals surface area (Å²) in [5.74, 6) is -4.28. The molecular weight excluding hydrogens is 664 g/mol. The molecule has 0 unspecified atom stereocenters. The lowest BCUT2D eigenvalue weighted by molar-refractivity contribution is 0.0656. The fraction of sp³-hybridized carbons (Fsp3) is 0.263. The van der Waals surface area contributed by atoms with Gasteiger partial charge in [0, 0.05) is 0 Å². The van der Waals surface area contributed by atoms with Crippen molar-refractivity contribution in [2.24, 2.45) is 0 Å². The van der Waals surface area contributed by atoms with Gasteiger partial charge in [-0.3, -0.25) is 0 Å². The minimum atomic E-state index is -1.34. The van der Waals surface area contributed by atoms with Gasteiger partial charge in [0.25, 0.3) is 0 Å². The van der Waals surface area contributed by atoms with Gasteiger partial charge in [-0.2, -0.15) is 0 Å². The van der Waals surface area contributed by atoms with Crippen LogP contribution in [0.5, 0.6) is 46.0 Å². The fourth-order valence-corrected chi connectivity index (χ4v) is 5.61. The van der Waals surface area contributed by atoms with E-state index >= 15 is 0 Å². The summed E-state index contributed by atoms with van der Waals surface area (Å²) in [5.41, 5.74) is 2.64. The van der Waals surface area contributed by atoms with Crippen LogP contribution in [0.1, 0.15) is 74.8 Å². The standard InChI is InChI=1S/C38H38O13/c1-17-19(3)31(47-9)29(35(39)40)33(21(17)5)50-37(43)25-15-23(11-13-27(25)45-7)49-24-12-14-28(46-8)26(16-24)38(44)51-34-22(6)18(2)20(4)32(48-10)30(34)36(41)42/h11-16H,1-10H3,(H,39,40)(H,41,42). The quantitative estimate of drug-likeness (QED) is 0.112. The molecule has 268 valence electrons. The Labute approximate surface area is 294 Å². The van der Waals surface area contributed by atoms with E-state index in [0.29, 0.717) is 33.4 Å². The van der Waals surface area contributed by atoms with Crippen LogP contribution in [-0.2, 0) is 0 Å². The Hall–Kier alpha value is -6.24. The molecule has 2 N–H and O–H groups in total. The van der Waals surface area contributed by atoms with Crippen molar-refractivity contribution in [2.75, 3.05) is 28.4 Å². The molecule has 0 radical (unpaired) electrons. The summed E-state index contributed by atoms with van der Waals surface area (Å²) in [7, 11) is 5.36. The Bertz CT molecular complexity index is 1930. The first kappa shape index (κ1) is 37.6. The normalized spacial score (nSPS) is 10.6. The van der Waals surface area contributed by atoms with Gasteiger partial charge < -0.3 is 43.4 Å². The van der Waals surface area contributed by atoms with E-state index in [0.717, 1.165) is 0 Å². The highest BCUT2D eigenvalue weighted by Gasteiger charge is 2.30. The number of methoxy groups -OCH3 is 4. The van der Waals surface area contributed by atoms with Gasteiger partial charge in [-0.05, 0) is 111 Å². The largest absolute Gasteiger partial charge is 0.496 e. The monoisotopic (exact) mass is 702 g/mol. The highest BCUT2D eigenvalue weighted by molar-refractivity contribution is 6.01. The number of carbonyl (C=O) groups excluding carboxylic acids is 2. The van der Waals surface area contributed by atoms with Crippen molar-refractivity contribution in [3.8, 4) is 46.0 Å². The van der Waals surface area contributed by atoms with E-state index in [1.807, 2.05) is 0 Å². The summed E-state index contributed by atoms with van der Waals surface area (Å²) in [6, 6.07) is 8.60. The molecule has 4 rings (SSSR count). The minimum Gasteiger partial charge on any atom is -0.496 e. The SMILES string of the molecule is COc1ccc(Oc2ccc(OC)c(C(=O)Oc3c(C)c(C)c(C)c(OC)c3C(=O)O)c2)cc1C(=O)Oc1c(C)c(C)c(C)c(OC)c1C(=O)O. The number of hydrogen-bond acceptors (Lipinski definition) is 11. The van der Waals surface area contributed by atoms with Crippen LogP contribution in [0.2, 0.25) is 0 Å². The maximum Gasteiger partial charge on any atom is 0.347 e. The lowest BCUT2D eigenvalue weighted by Gasteiger charge is -2.19. The number of benzene rings is 4. The average molecular weight is 703 g/mol. The van der Waals surface area contributed by atoms with Crippen molar-refractivity contribution >= 4 is 23.9 Å². The van der Waals surface area contributed by atoms with Gasteiger partial charge in [-0.15, -0.1) is 0 Å².